The zero-order valence-corrected chi connectivity index (χ0v) is 15.3. The highest BCUT2D eigenvalue weighted by Crippen LogP contribution is 2.61. The molecule has 0 radical (unpaired) electrons. The van der Waals surface area contributed by atoms with Crippen molar-refractivity contribution >= 4 is 0 Å². The zero-order chi connectivity index (χ0) is 17.0. The molecule has 2 unspecified atom stereocenters. The van der Waals surface area contributed by atoms with Crippen molar-refractivity contribution in [3.8, 4) is 0 Å². The molecule has 0 aromatic heterocycles. The minimum atomic E-state index is -1.01. The van der Waals surface area contributed by atoms with E-state index in [0.29, 0.717) is 24.4 Å². The average Bonchev–Trinajstić information content (AvgIpc) is 3.08. The number of fused-ring (bicyclic) bond motifs is 2. The maximum absolute atomic E-state index is 10.2. The summed E-state index contributed by atoms with van der Waals surface area (Å²) in [5.41, 5.74) is 0.781. The number of allylic oxidation sites excluding steroid dienone is 1. The molecular weight excluding hydrogens is 288 g/mol. The Balaban J connectivity index is 1.64. The number of hydrogen-bond acceptors (Lipinski definition) is 3. The van der Waals surface area contributed by atoms with Crippen LogP contribution in [0.3, 0.4) is 0 Å². The first kappa shape index (κ1) is 17.4. The number of hydrogen-bond donors (Lipinski definition) is 2. The van der Waals surface area contributed by atoms with Crippen LogP contribution in [0.1, 0.15) is 72.6 Å². The molecule has 2 N–H and O–H groups in total. The Kier molecular flexibility index (Phi) is 4.23. The van der Waals surface area contributed by atoms with E-state index in [-0.39, 0.29) is 11.0 Å². The van der Waals surface area contributed by atoms with Gasteiger partial charge in [0.15, 0.2) is 0 Å². The molecule has 132 valence electrons. The standard InChI is InChI=1S/C20H34O3/c1-13-6-7-17-20(5,23-17)11-8-15-14(13)12-19(15,4)10-9-16(21)18(2,3)22/h14-17,21-22H,1,6-12H2,2-5H3/t14?,15-,16?,17-,19-,20-/m1/s1. The Morgan fingerprint density at radius 3 is 2.70 bits per heavy atom. The summed E-state index contributed by atoms with van der Waals surface area (Å²) in [5.74, 6) is 1.31. The van der Waals surface area contributed by atoms with Gasteiger partial charge in [0.05, 0.1) is 23.4 Å². The van der Waals surface area contributed by atoms with Crippen LogP contribution in [-0.2, 0) is 4.74 Å². The second kappa shape index (κ2) is 5.57. The third-order valence-corrected chi connectivity index (χ3v) is 7.11. The molecule has 0 amide bonds. The molecule has 0 bridgehead atoms. The summed E-state index contributed by atoms with van der Waals surface area (Å²) < 4.78 is 5.93. The number of aliphatic hydroxyl groups is 2. The van der Waals surface area contributed by atoms with Gasteiger partial charge in [-0.3, -0.25) is 0 Å². The molecule has 3 nitrogen and oxygen atoms in total. The lowest BCUT2D eigenvalue weighted by Gasteiger charge is -2.55. The molecule has 1 saturated heterocycles. The van der Waals surface area contributed by atoms with Crippen LogP contribution < -0.4 is 0 Å². The molecule has 23 heavy (non-hydrogen) atoms. The van der Waals surface area contributed by atoms with E-state index in [1.807, 2.05) is 0 Å². The molecule has 3 aliphatic rings. The Morgan fingerprint density at radius 2 is 2.04 bits per heavy atom. The lowest BCUT2D eigenvalue weighted by molar-refractivity contribution is -0.0771. The number of ether oxygens (including phenoxy) is 1. The predicted molar refractivity (Wildman–Crippen MR) is 92.1 cm³/mol. The van der Waals surface area contributed by atoms with E-state index in [1.165, 1.54) is 18.4 Å². The van der Waals surface area contributed by atoms with Crippen LogP contribution in [0.25, 0.3) is 0 Å². The fraction of sp³-hybridized carbons (Fsp3) is 0.900. The first-order valence-corrected chi connectivity index (χ1v) is 9.31. The highest BCUT2D eigenvalue weighted by atomic mass is 16.6. The van der Waals surface area contributed by atoms with Crippen molar-refractivity contribution in [3.05, 3.63) is 12.2 Å². The maximum atomic E-state index is 10.2. The SMILES string of the molecule is C=C1CC[C@H]2O[C@]2(C)CC[C@@H]2C1C[C@@]2(C)CCC(O)C(C)(C)O. The quantitative estimate of drug-likeness (QED) is 0.611. The maximum Gasteiger partial charge on any atom is 0.0920 e. The highest BCUT2D eigenvalue weighted by Gasteiger charge is 2.57. The largest absolute Gasteiger partial charge is 0.390 e. The van der Waals surface area contributed by atoms with Crippen molar-refractivity contribution in [1.29, 1.82) is 0 Å². The number of rotatable bonds is 4. The van der Waals surface area contributed by atoms with E-state index in [2.05, 4.69) is 20.4 Å². The van der Waals surface area contributed by atoms with Crippen LogP contribution in [0.15, 0.2) is 12.2 Å². The third-order valence-electron chi connectivity index (χ3n) is 7.11. The fourth-order valence-electron chi connectivity index (χ4n) is 5.03. The van der Waals surface area contributed by atoms with Crippen molar-refractivity contribution in [2.45, 2.75) is 96.1 Å². The highest BCUT2D eigenvalue weighted by molar-refractivity contribution is 5.17. The molecule has 0 aromatic carbocycles. The van der Waals surface area contributed by atoms with Crippen LogP contribution in [0.2, 0.25) is 0 Å². The van der Waals surface area contributed by atoms with Gasteiger partial charge >= 0.3 is 0 Å². The van der Waals surface area contributed by atoms with Gasteiger partial charge in [0.25, 0.3) is 0 Å². The minimum absolute atomic E-state index is 0.109. The van der Waals surface area contributed by atoms with E-state index in [0.717, 1.165) is 25.7 Å². The van der Waals surface area contributed by atoms with Gasteiger partial charge in [0.2, 0.25) is 0 Å². The van der Waals surface area contributed by atoms with Crippen LogP contribution in [-0.4, -0.2) is 33.6 Å². The van der Waals surface area contributed by atoms with E-state index in [9.17, 15) is 10.2 Å². The third kappa shape index (κ3) is 3.25. The molecule has 0 aromatic rings. The van der Waals surface area contributed by atoms with Gasteiger partial charge in [-0.25, -0.2) is 0 Å². The topological polar surface area (TPSA) is 53.0 Å². The summed E-state index contributed by atoms with van der Waals surface area (Å²) in [6.07, 6.45) is 7.22. The van der Waals surface area contributed by atoms with Crippen molar-refractivity contribution in [3.63, 3.8) is 0 Å². The lowest BCUT2D eigenvalue weighted by Crippen LogP contribution is -2.48. The summed E-state index contributed by atoms with van der Waals surface area (Å²) in [5, 5.41) is 20.1. The number of epoxide rings is 1. The Labute approximate surface area is 141 Å². The van der Waals surface area contributed by atoms with Crippen LogP contribution >= 0.6 is 0 Å². The van der Waals surface area contributed by atoms with Gasteiger partial charge in [-0.1, -0.05) is 19.1 Å². The smallest absolute Gasteiger partial charge is 0.0920 e. The van der Waals surface area contributed by atoms with E-state index < -0.39 is 11.7 Å². The van der Waals surface area contributed by atoms with Crippen molar-refractivity contribution in [2.75, 3.05) is 0 Å². The molecule has 3 rings (SSSR count). The van der Waals surface area contributed by atoms with Gasteiger partial charge in [-0.05, 0) is 83.0 Å². The van der Waals surface area contributed by atoms with Gasteiger partial charge in [-0.15, -0.1) is 0 Å². The Bertz CT molecular complexity index is 480. The summed E-state index contributed by atoms with van der Waals surface area (Å²) in [4.78, 5) is 0. The molecule has 3 fully saturated rings. The summed E-state index contributed by atoms with van der Waals surface area (Å²) in [6, 6.07) is 0. The van der Waals surface area contributed by atoms with Gasteiger partial charge in [0.1, 0.15) is 0 Å². The fourth-order valence-corrected chi connectivity index (χ4v) is 5.03. The Morgan fingerprint density at radius 1 is 1.35 bits per heavy atom. The van der Waals surface area contributed by atoms with Crippen molar-refractivity contribution in [1.82, 2.24) is 0 Å². The van der Waals surface area contributed by atoms with Crippen LogP contribution in [0.4, 0.5) is 0 Å². The van der Waals surface area contributed by atoms with Crippen LogP contribution in [0.5, 0.6) is 0 Å². The van der Waals surface area contributed by atoms with Crippen molar-refractivity contribution < 1.29 is 14.9 Å². The number of aliphatic hydroxyl groups excluding tert-OH is 1. The predicted octanol–water partition coefficient (Wildman–Crippen LogP) is 3.83. The molecular formula is C20H34O3. The molecule has 3 heteroatoms. The zero-order valence-electron chi connectivity index (χ0n) is 15.3. The summed E-state index contributed by atoms with van der Waals surface area (Å²) in [7, 11) is 0. The molecule has 0 spiro atoms. The minimum Gasteiger partial charge on any atom is -0.390 e. The molecule has 2 aliphatic carbocycles. The van der Waals surface area contributed by atoms with Crippen LogP contribution in [0, 0.1) is 17.3 Å². The van der Waals surface area contributed by atoms with E-state index >= 15 is 0 Å². The molecule has 1 aliphatic heterocycles. The second-order valence-electron chi connectivity index (χ2n) is 9.43. The van der Waals surface area contributed by atoms with Crippen molar-refractivity contribution in [2.24, 2.45) is 17.3 Å². The average molecular weight is 322 g/mol. The summed E-state index contributed by atoms with van der Waals surface area (Å²) >= 11 is 0. The Hall–Kier alpha value is -0.380. The van der Waals surface area contributed by atoms with Gasteiger partial charge in [0, 0.05) is 0 Å². The lowest BCUT2D eigenvalue weighted by atomic mass is 9.49. The normalized spacial score (nSPS) is 45.0. The molecule has 2 saturated carbocycles. The second-order valence-corrected chi connectivity index (χ2v) is 9.43. The first-order chi connectivity index (χ1) is 10.6. The van der Waals surface area contributed by atoms with E-state index in [4.69, 9.17) is 4.74 Å². The summed E-state index contributed by atoms with van der Waals surface area (Å²) in [6.45, 7) is 12.4. The molecule has 1 heterocycles. The van der Waals surface area contributed by atoms with Gasteiger partial charge < -0.3 is 14.9 Å². The van der Waals surface area contributed by atoms with Gasteiger partial charge in [-0.2, -0.15) is 0 Å². The van der Waals surface area contributed by atoms with E-state index in [1.54, 1.807) is 13.8 Å². The monoisotopic (exact) mass is 322 g/mol. The first-order valence-electron chi connectivity index (χ1n) is 9.31. The molecule has 6 atom stereocenters.